The van der Waals surface area contributed by atoms with Crippen molar-refractivity contribution in [1.29, 1.82) is 0 Å². The summed E-state index contributed by atoms with van der Waals surface area (Å²) in [6.45, 7) is 5.49. The lowest BCUT2D eigenvalue weighted by molar-refractivity contribution is -0.151. The van der Waals surface area contributed by atoms with E-state index in [1.165, 1.54) is 32.0 Å². The summed E-state index contributed by atoms with van der Waals surface area (Å²) in [6, 6.07) is 9.48. The van der Waals surface area contributed by atoms with Gasteiger partial charge in [-0.3, -0.25) is 9.59 Å². The van der Waals surface area contributed by atoms with Crippen LogP contribution in [0, 0.1) is 5.92 Å². The van der Waals surface area contributed by atoms with Crippen LogP contribution in [-0.4, -0.2) is 45.1 Å². The second-order valence-corrected chi connectivity index (χ2v) is 10.8. The summed E-state index contributed by atoms with van der Waals surface area (Å²) in [7, 11) is 0. The van der Waals surface area contributed by atoms with Crippen molar-refractivity contribution in [1.82, 2.24) is 5.32 Å². The lowest BCUT2D eigenvalue weighted by Crippen LogP contribution is -2.41. The number of carbonyl (C=O) groups excluding carboxylic acids is 3. The number of nitrogens with one attached hydrogen (secondary N) is 1. The van der Waals surface area contributed by atoms with Gasteiger partial charge in [-0.25, -0.2) is 4.79 Å². The second kappa shape index (κ2) is 14.6. The van der Waals surface area contributed by atoms with Crippen molar-refractivity contribution in [3.8, 4) is 0 Å². The van der Waals surface area contributed by atoms with Crippen LogP contribution in [0.15, 0.2) is 88.6 Å². The Morgan fingerprint density at radius 2 is 1.80 bits per heavy atom. The van der Waals surface area contributed by atoms with E-state index in [4.69, 9.17) is 4.74 Å². The lowest BCUT2D eigenvalue weighted by Gasteiger charge is -2.29. The zero-order valence-corrected chi connectivity index (χ0v) is 24.1. The number of ether oxygens (including phenoxy) is 1. The third-order valence-corrected chi connectivity index (χ3v) is 7.58. The molecule has 8 nitrogen and oxygen atoms in total. The first-order chi connectivity index (χ1) is 19.6. The molecule has 2 atom stereocenters. The Hall–Kier alpha value is -3.91. The standard InChI is InChI=1S/C33H41NO7/c1-4-22(2)12-8-5-6-11-15-25(36)18-29(38)30-28-17-24(16-26(37)21-35)27(31(39)33(28,3)41-32(30)40)20-34-19-23-13-9-7-10-14-23/h7,9-10,13-14,16-18,20,22,34-36,38H,4-6,8,11-12,15,19,21H2,1-3H3/b24-16?,25-18?,27-20-,30-29?/t22?,33-/m1/s1. The Morgan fingerprint density at radius 1 is 1.10 bits per heavy atom. The molecule has 1 aliphatic heterocycles. The summed E-state index contributed by atoms with van der Waals surface area (Å²) in [5, 5.41) is 33.6. The van der Waals surface area contributed by atoms with Gasteiger partial charge in [0.15, 0.2) is 11.4 Å². The van der Waals surface area contributed by atoms with Crippen molar-refractivity contribution in [3.63, 3.8) is 0 Å². The fourth-order valence-corrected chi connectivity index (χ4v) is 4.90. The van der Waals surface area contributed by atoms with Crippen molar-refractivity contribution in [2.24, 2.45) is 5.92 Å². The van der Waals surface area contributed by atoms with Crippen molar-refractivity contribution in [2.75, 3.05) is 6.61 Å². The number of allylic oxidation sites excluding steroid dienone is 4. The number of aliphatic hydroxyl groups is 3. The molecule has 41 heavy (non-hydrogen) atoms. The van der Waals surface area contributed by atoms with E-state index >= 15 is 0 Å². The molecule has 2 aliphatic rings. The van der Waals surface area contributed by atoms with Crippen molar-refractivity contribution in [2.45, 2.75) is 77.9 Å². The number of hydrogen-bond acceptors (Lipinski definition) is 8. The van der Waals surface area contributed by atoms with E-state index in [1.807, 2.05) is 30.3 Å². The van der Waals surface area contributed by atoms with Crippen molar-refractivity contribution >= 4 is 17.5 Å². The molecule has 0 aromatic heterocycles. The van der Waals surface area contributed by atoms with Gasteiger partial charge in [0.05, 0.1) is 5.76 Å². The molecule has 0 radical (unpaired) electrons. The molecule has 1 fully saturated rings. The fraction of sp³-hybridized carbons (Fsp3) is 0.424. The highest BCUT2D eigenvalue weighted by atomic mass is 16.6. The van der Waals surface area contributed by atoms with Crippen LogP contribution < -0.4 is 5.32 Å². The average molecular weight is 564 g/mol. The zero-order chi connectivity index (χ0) is 30.0. The number of hydrogen-bond donors (Lipinski definition) is 4. The predicted octanol–water partition coefficient (Wildman–Crippen LogP) is 5.61. The Morgan fingerprint density at radius 3 is 2.49 bits per heavy atom. The highest BCUT2D eigenvalue weighted by Gasteiger charge is 2.54. The Bertz CT molecular complexity index is 1290. The summed E-state index contributed by atoms with van der Waals surface area (Å²) in [5.41, 5.74) is -0.687. The molecule has 3 rings (SSSR count). The molecule has 0 amide bonds. The molecule has 8 heteroatoms. The quantitative estimate of drug-likeness (QED) is 0.0993. The van der Waals surface area contributed by atoms with E-state index in [1.54, 1.807) is 0 Å². The van der Waals surface area contributed by atoms with E-state index in [0.717, 1.165) is 43.4 Å². The summed E-state index contributed by atoms with van der Waals surface area (Å²) in [6.07, 6.45) is 11.7. The predicted molar refractivity (Wildman–Crippen MR) is 157 cm³/mol. The van der Waals surface area contributed by atoms with Gasteiger partial charge >= 0.3 is 5.97 Å². The first-order valence-corrected chi connectivity index (χ1v) is 14.3. The van der Waals surface area contributed by atoms with E-state index < -0.39 is 35.5 Å². The average Bonchev–Trinajstić information content (AvgIpc) is 3.22. The topological polar surface area (TPSA) is 133 Å². The highest BCUT2D eigenvalue weighted by molar-refractivity contribution is 6.17. The maximum absolute atomic E-state index is 13.7. The lowest BCUT2D eigenvalue weighted by atomic mass is 9.76. The number of carbonyl (C=O) groups is 3. The molecule has 1 aromatic rings. The van der Waals surface area contributed by atoms with Crippen LogP contribution in [-0.2, 0) is 25.7 Å². The molecule has 1 heterocycles. The maximum atomic E-state index is 13.7. The molecular weight excluding hydrogens is 522 g/mol. The van der Waals surface area contributed by atoms with Crippen LogP contribution in [0.5, 0.6) is 0 Å². The van der Waals surface area contributed by atoms with Gasteiger partial charge in [-0.1, -0.05) is 76.3 Å². The number of Topliss-reactive ketones (excluding diaryl/α,β-unsaturated/α-hetero) is 1. The van der Waals surface area contributed by atoms with Crippen LogP contribution in [0.1, 0.15) is 71.3 Å². The number of aliphatic hydroxyl groups excluding tert-OH is 3. The van der Waals surface area contributed by atoms with Gasteiger partial charge in [-0.15, -0.1) is 0 Å². The monoisotopic (exact) mass is 563 g/mol. The molecule has 0 bridgehead atoms. The van der Waals surface area contributed by atoms with Gasteiger partial charge in [0.25, 0.3) is 0 Å². The van der Waals surface area contributed by atoms with Gasteiger partial charge < -0.3 is 25.4 Å². The molecule has 1 aromatic carbocycles. The third kappa shape index (κ3) is 8.07. The van der Waals surface area contributed by atoms with Crippen LogP contribution in [0.2, 0.25) is 0 Å². The molecule has 220 valence electrons. The van der Waals surface area contributed by atoms with E-state index in [0.29, 0.717) is 18.9 Å². The van der Waals surface area contributed by atoms with E-state index in [-0.39, 0.29) is 28.1 Å². The Labute approximate surface area is 241 Å². The molecule has 4 N–H and O–H groups in total. The SMILES string of the molecule is CCC(C)CCCCCCC(O)=CC(O)=C1C(=O)O[C@@]2(C)C(=O)/C(=C\NCc3ccccc3)C(=CC(=O)CO)C=C12. The normalized spacial score (nSPS) is 22.8. The van der Waals surface area contributed by atoms with Crippen LogP contribution in [0.4, 0.5) is 0 Å². The minimum Gasteiger partial charge on any atom is -0.512 e. The Balaban J connectivity index is 1.84. The number of unbranched alkanes of at least 4 members (excludes halogenated alkanes) is 3. The minimum absolute atomic E-state index is 0.0799. The summed E-state index contributed by atoms with van der Waals surface area (Å²) >= 11 is 0. The number of rotatable bonds is 14. The van der Waals surface area contributed by atoms with Crippen molar-refractivity contribution in [3.05, 3.63) is 94.1 Å². The van der Waals surface area contributed by atoms with Gasteiger partial charge in [0.1, 0.15) is 17.9 Å². The largest absolute Gasteiger partial charge is 0.512 e. The summed E-state index contributed by atoms with van der Waals surface area (Å²) < 4.78 is 5.49. The molecule has 1 aliphatic carbocycles. The number of esters is 1. The Kier molecular flexibility index (Phi) is 11.3. The first-order valence-electron chi connectivity index (χ1n) is 14.3. The van der Waals surface area contributed by atoms with Gasteiger partial charge in [-0.05, 0) is 42.6 Å². The van der Waals surface area contributed by atoms with Gasteiger partial charge in [0.2, 0.25) is 5.78 Å². The van der Waals surface area contributed by atoms with Gasteiger partial charge in [-0.2, -0.15) is 0 Å². The zero-order valence-electron chi connectivity index (χ0n) is 24.1. The van der Waals surface area contributed by atoms with Gasteiger partial charge in [0, 0.05) is 36.4 Å². The number of fused-ring (bicyclic) bond motifs is 1. The summed E-state index contributed by atoms with van der Waals surface area (Å²) in [4.78, 5) is 38.7. The second-order valence-electron chi connectivity index (χ2n) is 10.8. The molecule has 0 saturated carbocycles. The maximum Gasteiger partial charge on any atom is 0.343 e. The molecule has 1 unspecified atom stereocenters. The fourth-order valence-electron chi connectivity index (χ4n) is 4.90. The third-order valence-electron chi connectivity index (χ3n) is 7.58. The number of ketones is 2. The number of benzene rings is 1. The molecule has 1 saturated heterocycles. The van der Waals surface area contributed by atoms with Crippen molar-refractivity contribution < 1.29 is 34.4 Å². The van der Waals surface area contributed by atoms with E-state index in [9.17, 15) is 29.7 Å². The highest BCUT2D eigenvalue weighted by Crippen LogP contribution is 2.45. The first kappa shape index (κ1) is 31.6. The smallest absolute Gasteiger partial charge is 0.343 e. The molecule has 0 spiro atoms. The molecular formula is C33H41NO7. The van der Waals surface area contributed by atoms with Crippen LogP contribution in [0.25, 0.3) is 0 Å². The van der Waals surface area contributed by atoms with Crippen LogP contribution in [0.3, 0.4) is 0 Å². The minimum atomic E-state index is -1.74. The van der Waals surface area contributed by atoms with Crippen LogP contribution >= 0.6 is 0 Å². The van der Waals surface area contributed by atoms with E-state index in [2.05, 4.69) is 19.2 Å². The summed E-state index contributed by atoms with van der Waals surface area (Å²) in [5.74, 6) is -2.03.